The number of carbonyl (C=O) groups excluding carboxylic acids is 1. The van der Waals surface area contributed by atoms with Gasteiger partial charge in [0.25, 0.3) is 0 Å². The monoisotopic (exact) mass is 314 g/mol. The summed E-state index contributed by atoms with van der Waals surface area (Å²) in [7, 11) is 2.93. The maximum absolute atomic E-state index is 11.1. The van der Waals surface area contributed by atoms with Crippen LogP contribution in [0.5, 0.6) is 6.01 Å². The molecule has 1 aromatic rings. The Morgan fingerprint density at radius 3 is 2.67 bits per heavy atom. The molecule has 0 saturated carbocycles. The minimum absolute atomic E-state index is 0.180. The second-order valence-electron chi connectivity index (χ2n) is 4.68. The highest BCUT2D eigenvalue weighted by Gasteiger charge is 2.21. The molecule has 2 rings (SSSR count). The molecule has 0 atom stereocenters. The SMILES string of the molecule is COC(=O)CCN1CCN(c2nc(OC)ncc2Cl)CC1. The summed E-state index contributed by atoms with van der Waals surface area (Å²) in [5.74, 6) is 0.511. The molecule has 0 spiro atoms. The zero-order valence-corrected chi connectivity index (χ0v) is 13.0. The van der Waals surface area contributed by atoms with E-state index in [9.17, 15) is 4.79 Å². The van der Waals surface area contributed by atoms with Crippen LogP contribution in [0.15, 0.2) is 6.20 Å². The van der Waals surface area contributed by atoms with E-state index in [1.807, 2.05) is 0 Å². The van der Waals surface area contributed by atoms with Crippen molar-refractivity contribution in [3.8, 4) is 6.01 Å². The Hall–Kier alpha value is -1.60. The number of nitrogens with zero attached hydrogens (tertiary/aromatic N) is 4. The van der Waals surface area contributed by atoms with Crippen LogP contribution < -0.4 is 9.64 Å². The highest BCUT2D eigenvalue weighted by Crippen LogP contribution is 2.25. The molecule has 0 N–H and O–H groups in total. The predicted molar refractivity (Wildman–Crippen MR) is 78.9 cm³/mol. The number of carbonyl (C=O) groups is 1. The Bertz CT molecular complexity index is 492. The summed E-state index contributed by atoms with van der Waals surface area (Å²) in [5.41, 5.74) is 0. The minimum Gasteiger partial charge on any atom is -0.469 e. The Morgan fingerprint density at radius 1 is 1.33 bits per heavy atom. The van der Waals surface area contributed by atoms with Crippen LogP contribution >= 0.6 is 11.6 Å². The maximum atomic E-state index is 11.1. The molecule has 0 unspecified atom stereocenters. The predicted octanol–water partition coefficient (Wildman–Crippen LogP) is 0.824. The summed E-state index contributed by atoms with van der Waals surface area (Å²) >= 11 is 6.15. The van der Waals surface area contributed by atoms with Crippen LogP contribution in [0, 0.1) is 0 Å². The Morgan fingerprint density at radius 2 is 2.05 bits per heavy atom. The van der Waals surface area contributed by atoms with E-state index in [1.165, 1.54) is 14.2 Å². The second-order valence-corrected chi connectivity index (χ2v) is 5.09. The van der Waals surface area contributed by atoms with Crippen LogP contribution in [-0.4, -0.2) is 67.8 Å². The lowest BCUT2D eigenvalue weighted by Gasteiger charge is -2.35. The third-order valence-electron chi connectivity index (χ3n) is 3.42. The number of ether oxygens (including phenoxy) is 2. The molecule has 7 nitrogen and oxygen atoms in total. The van der Waals surface area contributed by atoms with E-state index in [-0.39, 0.29) is 5.97 Å². The summed E-state index contributed by atoms with van der Waals surface area (Å²) in [6.45, 7) is 3.99. The van der Waals surface area contributed by atoms with Gasteiger partial charge in [0.2, 0.25) is 0 Å². The number of halogens is 1. The smallest absolute Gasteiger partial charge is 0.318 e. The fourth-order valence-electron chi connectivity index (χ4n) is 2.20. The van der Waals surface area contributed by atoms with Gasteiger partial charge in [-0.15, -0.1) is 0 Å². The number of piperazine rings is 1. The molecule has 21 heavy (non-hydrogen) atoms. The van der Waals surface area contributed by atoms with E-state index in [0.29, 0.717) is 29.8 Å². The van der Waals surface area contributed by atoms with Crippen molar-refractivity contribution >= 4 is 23.4 Å². The summed E-state index contributed by atoms with van der Waals surface area (Å²) in [5, 5.41) is 0.513. The first kappa shape index (κ1) is 15.8. The van der Waals surface area contributed by atoms with Gasteiger partial charge in [0, 0.05) is 32.7 Å². The molecule has 0 aromatic carbocycles. The molecule has 1 aliphatic rings. The largest absolute Gasteiger partial charge is 0.469 e. The van der Waals surface area contributed by atoms with Gasteiger partial charge in [-0.3, -0.25) is 9.69 Å². The molecule has 1 aliphatic heterocycles. The lowest BCUT2D eigenvalue weighted by atomic mass is 10.3. The highest BCUT2D eigenvalue weighted by molar-refractivity contribution is 6.32. The van der Waals surface area contributed by atoms with E-state index >= 15 is 0 Å². The number of hydrogen-bond acceptors (Lipinski definition) is 7. The van der Waals surface area contributed by atoms with Crippen molar-refractivity contribution in [3.63, 3.8) is 0 Å². The molecule has 0 amide bonds. The van der Waals surface area contributed by atoms with Crippen molar-refractivity contribution in [3.05, 3.63) is 11.2 Å². The van der Waals surface area contributed by atoms with Crippen molar-refractivity contribution in [2.45, 2.75) is 6.42 Å². The van der Waals surface area contributed by atoms with E-state index in [1.54, 1.807) is 6.20 Å². The average molecular weight is 315 g/mol. The number of hydrogen-bond donors (Lipinski definition) is 0. The van der Waals surface area contributed by atoms with Crippen LogP contribution in [0.25, 0.3) is 0 Å². The maximum Gasteiger partial charge on any atom is 0.318 e. The molecule has 0 radical (unpaired) electrons. The van der Waals surface area contributed by atoms with Crippen molar-refractivity contribution in [1.29, 1.82) is 0 Å². The zero-order chi connectivity index (χ0) is 15.2. The highest BCUT2D eigenvalue weighted by atomic mass is 35.5. The van der Waals surface area contributed by atoms with Crippen LogP contribution in [-0.2, 0) is 9.53 Å². The van der Waals surface area contributed by atoms with Gasteiger partial charge < -0.3 is 14.4 Å². The lowest BCUT2D eigenvalue weighted by Crippen LogP contribution is -2.47. The van der Waals surface area contributed by atoms with Crippen molar-refractivity contribution < 1.29 is 14.3 Å². The zero-order valence-electron chi connectivity index (χ0n) is 12.2. The number of esters is 1. The van der Waals surface area contributed by atoms with Crippen molar-refractivity contribution in [2.24, 2.45) is 0 Å². The average Bonchev–Trinajstić information content (AvgIpc) is 2.53. The van der Waals surface area contributed by atoms with Gasteiger partial charge >= 0.3 is 12.0 Å². The summed E-state index contributed by atoms with van der Waals surface area (Å²) < 4.78 is 9.68. The summed E-state index contributed by atoms with van der Waals surface area (Å²) in [6.07, 6.45) is 1.96. The first-order chi connectivity index (χ1) is 10.1. The molecule has 1 aromatic heterocycles. The molecule has 0 bridgehead atoms. The third kappa shape index (κ3) is 4.18. The number of rotatable bonds is 5. The Kier molecular flexibility index (Phi) is 5.58. The molecule has 1 saturated heterocycles. The fourth-order valence-corrected chi connectivity index (χ4v) is 2.41. The van der Waals surface area contributed by atoms with Gasteiger partial charge in [-0.2, -0.15) is 4.98 Å². The van der Waals surface area contributed by atoms with Gasteiger partial charge in [-0.25, -0.2) is 4.98 Å². The van der Waals surface area contributed by atoms with Crippen LogP contribution in [0.2, 0.25) is 5.02 Å². The van der Waals surface area contributed by atoms with E-state index in [4.69, 9.17) is 16.3 Å². The number of methoxy groups -OCH3 is 2. The van der Waals surface area contributed by atoms with E-state index < -0.39 is 0 Å². The van der Waals surface area contributed by atoms with Gasteiger partial charge in [0.1, 0.15) is 5.02 Å². The Labute approximate surface area is 128 Å². The van der Waals surface area contributed by atoms with Crippen molar-refractivity contribution in [1.82, 2.24) is 14.9 Å². The third-order valence-corrected chi connectivity index (χ3v) is 3.68. The quantitative estimate of drug-likeness (QED) is 0.745. The summed E-state index contributed by atoms with van der Waals surface area (Å²) in [4.78, 5) is 23.7. The summed E-state index contributed by atoms with van der Waals surface area (Å²) in [6, 6.07) is 0.308. The van der Waals surface area contributed by atoms with Gasteiger partial charge in [-0.1, -0.05) is 11.6 Å². The van der Waals surface area contributed by atoms with E-state index in [0.717, 1.165) is 26.2 Å². The normalized spacial score (nSPS) is 15.9. The molecular formula is C13H19ClN4O3. The van der Waals surface area contributed by atoms with Crippen LogP contribution in [0.1, 0.15) is 6.42 Å². The number of aromatic nitrogens is 2. The first-order valence-corrected chi connectivity index (χ1v) is 7.12. The molecule has 2 heterocycles. The Balaban J connectivity index is 1.90. The van der Waals surface area contributed by atoms with Crippen LogP contribution in [0.3, 0.4) is 0 Å². The molecule has 1 fully saturated rings. The van der Waals surface area contributed by atoms with E-state index in [2.05, 4.69) is 24.5 Å². The standard InChI is InChI=1S/C13H19ClN4O3/c1-20-11(19)3-4-17-5-7-18(8-6-17)12-10(14)9-15-13(16-12)21-2/h9H,3-8H2,1-2H3. The first-order valence-electron chi connectivity index (χ1n) is 6.74. The van der Waals surface area contributed by atoms with Gasteiger partial charge in [0.05, 0.1) is 26.8 Å². The molecular weight excluding hydrogens is 296 g/mol. The second kappa shape index (κ2) is 7.42. The minimum atomic E-state index is -0.180. The number of anilines is 1. The van der Waals surface area contributed by atoms with Crippen molar-refractivity contribution in [2.75, 3.05) is 51.8 Å². The fraction of sp³-hybridized carbons (Fsp3) is 0.615. The lowest BCUT2D eigenvalue weighted by molar-refractivity contribution is -0.141. The molecule has 8 heteroatoms. The molecule has 0 aliphatic carbocycles. The van der Waals surface area contributed by atoms with Gasteiger partial charge in [-0.05, 0) is 0 Å². The van der Waals surface area contributed by atoms with Crippen LogP contribution in [0.4, 0.5) is 5.82 Å². The molecule has 116 valence electrons. The van der Waals surface area contributed by atoms with Gasteiger partial charge in [0.15, 0.2) is 5.82 Å². The topological polar surface area (TPSA) is 67.8 Å².